The Kier molecular flexibility index (Phi) is 4.92. The number of nitrogens with one attached hydrogen (secondary N) is 2. The molecule has 0 saturated heterocycles. The van der Waals surface area contributed by atoms with Gasteiger partial charge in [-0.3, -0.25) is 0 Å². The van der Waals surface area contributed by atoms with Crippen LogP contribution in [0.4, 0.5) is 10.5 Å². The molecule has 1 saturated carbocycles. The third kappa shape index (κ3) is 4.10. The van der Waals surface area contributed by atoms with Crippen molar-refractivity contribution in [2.75, 3.05) is 11.9 Å². The Labute approximate surface area is 135 Å². The number of carbonyl (C=O) groups is 1. The predicted octanol–water partition coefficient (Wildman–Crippen LogP) is 2.54. The normalized spacial score (nSPS) is 20.9. The molecule has 1 aliphatic carbocycles. The van der Waals surface area contributed by atoms with E-state index >= 15 is 0 Å². The molecule has 23 heavy (non-hydrogen) atoms. The molecule has 1 aromatic carbocycles. The van der Waals surface area contributed by atoms with Crippen LogP contribution >= 0.6 is 0 Å². The minimum atomic E-state index is -0.177. The van der Waals surface area contributed by atoms with Gasteiger partial charge in [0.1, 0.15) is 0 Å². The maximum atomic E-state index is 12.1. The monoisotopic (exact) mass is 314 g/mol. The standard InChI is InChI=1S/C17H22N4O2/c22-12-13-2-4-14(5-3-13)19-17(23)20-15-6-8-16(9-7-15)21-11-1-10-18-21/h1,6-11,13-14,22H,2-5,12H2,(H2,19,20,23). The molecular formula is C17H22N4O2. The SMILES string of the molecule is O=C(Nc1ccc(-n2cccn2)cc1)NC1CCC(CO)CC1. The van der Waals surface area contributed by atoms with Crippen molar-refractivity contribution >= 4 is 11.7 Å². The average molecular weight is 314 g/mol. The molecule has 1 fully saturated rings. The molecule has 0 spiro atoms. The first kappa shape index (κ1) is 15.6. The fourth-order valence-corrected chi connectivity index (χ4v) is 2.96. The number of aromatic nitrogens is 2. The first-order chi connectivity index (χ1) is 11.2. The molecule has 0 aliphatic heterocycles. The highest BCUT2D eigenvalue weighted by molar-refractivity contribution is 5.89. The summed E-state index contributed by atoms with van der Waals surface area (Å²) in [6, 6.07) is 9.43. The number of urea groups is 1. The molecule has 0 unspecified atom stereocenters. The van der Waals surface area contributed by atoms with E-state index in [0.717, 1.165) is 37.1 Å². The lowest BCUT2D eigenvalue weighted by atomic mass is 9.87. The molecule has 3 N–H and O–H groups in total. The van der Waals surface area contributed by atoms with Crippen molar-refractivity contribution in [3.05, 3.63) is 42.7 Å². The zero-order valence-electron chi connectivity index (χ0n) is 13.0. The average Bonchev–Trinajstić information content (AvgIpc) is 3.11. The van der Waals surface area contributed by atoms with Crippen LogP contribution in [0.2, 0.25) is 0 Å². The highest BCUT2D eigenvalue weighted by Gasteiger charge is 2.21. The number of nitrogens with zero attached hydrogens (tertiary/aromatic N) is 2. The van der Waals surface area contributed by atoms with Crippen LogP contribution in [-0.4, -0.2) is 33.6 Å². The molecule has 6 nitrogen and oxygen atoms in total. The van der Waals surface area contributed by atoms with Crippen molar-refractivity contribution in [2.24, 2.45) is 5.92 Å². The summed E-state index contributed by atoms with van der Waals surface area (Å²) in [6.45, 7) is 0.252. The minimum absolute atomic E-state index is 0.177. The number of rotatable bonds is 4. The van der Waals surface area contributed by atoms with E-state index < -0.39 is 0 Å². The van der Waals surface area contributed by atoms with Gasteiger partial charge in [0.2, 0.25) is 0 Å². The zero-order chi connectivity index (χ0) is 16.1. The molecule has 122 valence electrons. The van der Waals surface area contributed by atoms with E-state index in [1.807, 2.05) is 36.5 Å². The molecular weight excluding hydrogens is 292 g/mol. The number of amides is 2. The number of aliphatic hydroxyl groups excluding tert-OH is 1. The molecule has 1 aliphatic rings. The lowest BCUT2D eigenvalue weighted by Crippen LogP contribution is -2.40. The van der Waals surface area contributed by atoms with E-state index in [1.165, 1.54) is 0 Å². The van der Waals surface area contributed by atoms with Gasteiger partial charge in [-0.1, -0.05) is 0 Å². The topological polar surface area (TPSA) is 79.2 Å². The second-order valence-electron chi connectivity index (χ2n) is 6.00. The maximum Gasteiger partial charge on any atom is 0.319 e. The summed E-state index contributed by atoms with van der Waals surface area (Å²) in [5.41, 5.74) is 1.70. The number of anilines is 1. The third-order valence-electron chi connectivity index (χ3n) is 4.33. The number of hydrogen-bond acceptors (Lipinski definition) is 3. The van der Waals surface area contributed by atoms with Crippen LogP contribution in [0.5, 0.6) is 0 Å². The summed E-state index contributed by atoms with van der Waals surface area (Å²) >= 11 is 0. The molecule has 1 aromatic heterocycles. The van der Waals surface area contributed by atoms with Gasteiger partial charge in [0.25, 0.3) is 0 Å². The molecule has 2 aromatic rings. The highest BCUT2D eigenvalue weighted by Crippen LogP contribution is 2.23. The van der Waals surface area contributed by atoms with Crippen LogP contribution in [0.1, 0.15) is 25.7 Å². The summed E-state index contributed by atoms with van der Waals surface area (Å²) in [7, 11) is 0. The number of aliphatic hydroxyl groups is 1. The first-order valence-corrected chi connectivity index (χ1v) is 8.03. The lowest BCUT2D eigenvalue weighted by molar-refractivity contribution is 0.176. The van der Waals surface area contributed by atoms with Gasteiger partial charge in [0.15, 0.2) is 0 Å². The molecule has 0 radical (unpaired) electrons. The smallest absolute Gasteiger partial charge is 0.319 e. The molecule has 2 amide bonds. The van der Waals surface area contributed by atoms with Crippen molar-refractivity contribution < 1.29 is 9.90 Å². The molecule has 0 atom stereocenters. The van der Waals surface area contributed by atoms with Crippen LogP contribution in [0.25, 0.3) is 5.69 Å². The van der Waals surface area contributed by atoms with Gasteiger partial charge in [0.05, 0.1) is 5.69 Å². The van der Waals surface area contributed by atoms with Crippen molar-refractivity contribution in [3.63, 3.8) is 0 Å². The Balaban J connectivity index is 1.50. The van der Waals surface area contributed by atoms with Crippen LogP contribution in [0, 0.1) is 5.92 Å². The van der Waals surface area contributed by atoms with Gasteiger partial charge >= 0.3 is 6.03 Å². The summed E-state index contributed by atoms with van der Waals surface area (Å²) < 4.78 is 1.77. The van der Waals surface area contributed by atoms with Gasteiger partial charge in [-0.2, -0.15) is 5.10 Å². The van der Waals surface area contributed by atoms with Gasteiger partial charge in [-0.05, 0) is 61.9 Å². The summed E-state index contributed by atoms with van der Waals surface area (Å²) in [5, 5.41) is 19.2. The van der Waals surface area contributed by atoms with Crippen molar-refractivity contribution in [1.82, 2.24) is 15.1 Å². The van der Waals surface area contributed by atoms with E-state index in [-0.39, 0.29) is 18.7 Å². The Morgan fingerprint density at radius 2 is 1.96 bits per heavy atom. The molecule has 6 heteroatoms. The molecule has 3 rings (SSSR count). The highest BCUT2D eigenvalue weighted by atomic mass is 16.3. The second-order valence-corrected chi connectivity index (χ2v) is 6.00. The van der Waals surface area contributed by atoms with Gasteiger partial charge < -0.3 is 15.7 Å². The van der Waals surface area contributed by atoms with Crippen molar-refractivity contribution in [3.8, 4) is 5.69 Å². The zero-order valence-corrected chi connectivity index (χ0v) is 13.0. The van der Waals surface area contributed by atoms with Crippen LogP contribution in [0.3, 0.4) is 0 Å². The number of hydrogen-bond donors (Lipinski definition) is 3. The fraction of sp³-hybridized carbons (Fsp3) is 0.412. The van der Waals surface area contributed by atoms with Crippen LogP contribution in [-0.2, 0) is 0 Å². The lowest BCUT2D eigenvalue weighted by Gasteiger charge is -2.27. The van der Waals surface area contributed by atoms with Gasteiger partial charge in [-0.25, -0.2) is 9.48 Å². The second kappa shape index (κ2) is 7.28. The van der Waals surface area contributed by atoms with Crippen LogP contribution in [0.15, 0.2) is 42.7 Å². The number of benzene rings is 1. The van der Waals surface area contributed by atoms with E-state index in [0.29, 0.717) is 5.92 Å². The summed E-state index contributed by atoms with van der Waals surface area (Å²) in [5.74, 6) is 0.394. The van der Waals surface area contributed by atoms with E-state index in [4.69, 9.17) is 5.11 Å². The molecule has 0 bridgehead atoms. The molecule has 1 heterocycles. The van der Waals surface area contributed by atoms with E-state index in [9.17, 15) is 4.79 Å². The third-order valence-corrected chi connectivity index (χ3v) is 4.33. The van der Waals surface area contributed by atoms with Crippen molar-refractivity contribution in [1.29, 1.82) is 0 Å². The minimum Gasteiger partial charge on any atom is -0.396 e. The Morgan fingerprint density at radius 1 is 1.22 bits per heavy atom. The fourth-order valence-electron chi connectivity index (χ4n) is 2.96. The van der Waals surface area contributed by atoms with E-state index in [2.05, 4.69) is 15.7 Å². The first-order valence-electron chi connectivity index (χ1n) is 8.03. The quantitative estimate of drug-likeness (QED) is 0.811. The van der Waals surface area contributed by atoms with Crippen molar-refractivity contribution in [2.45, 2.75) is 31.7 Å². The van der Waals surface area contributed by atoms with Crippen LogP contribution < -0.4 is 10.6 Å². The van der Waals surface area contributed by atoms with Gasteiger partial charge in [-0.15, -0.1) is 0 Å². The Hall–Kier alpha value is -2.34. The largest absolute Gasteiger partial charge is 0.396 e. The Bertz CT molecular complexity index is 617. The Morgan fingerprint density at radius 3 is 2.57 bits per heavy atom. The maximum absolute atomic E-state index is 12.1. The van der Waals surface area contributed by atoms with E-state index in [1.54, 1.807) is 10.9 Å². The summed E-state index contributed by atoms with van der Waals surface area (Å²) in [6.07, 6.45) is 7.40. The predicted molar refractivity (Wildman–Crippen MR) is 88.6 cm³/mol. The number of carbonyl (C=O) groups excluding carboxylic acids is 1. The summed E-state index contributed by atoms with van der Waals surface area (Å²) in [4.78, 5) is 12.1. The van der Waals surface area contributed by atoms with Gasteiger partial charge in [0, 0.05) is 30.7 Å².